The number of aryl methyl sites for hydroxylation is 2. The molecule has 0 saturated heterocycles. The van der Waals surface area contributed by atoms with Crippen molar-refractivity contribution in [1.29, 1.82) is 0 Å². The van der Waals surface area contributed by atoms with Crippen molar-refractivity contribution >= 4 is 29.0 Å². The fourth-order valence-corrected chi connectivity index (χ4v) is 3.03. The van der Waals surface area contributed by atoms with E-state index in [-0.39, 0.29) is 12.1 Å². The lowest BCUT2D eigenvalue weighted by atomic mass is 10.1. The molecule has 0 bridgehead atoms. The van der Waals surface area contributed by atoms with Gasteiger partial charge >= 0.3 is 11.7 Å². The summed E-state index contributed by atoms with van der Waals surface area (Å²) in [7, 11) is 0. The largest absolute Gasteiger partial charge is 0.453 e. The number of ether oxygens (including phenoxy) is 1. The van der Waals surface area contributed by atoms with E-state index in [1.165, 1.54) is 19.3 Å². The van der Waals surface area contributed by atoms with Gasteiger partial charge in [0.15, 0.2) is 6.10 Å². The van der Waals surface area contributed by atoms with Crippen molar-refractivity contribution < 1.29 is 23.6 Å². The Balaban J connectivity index is 1.59. The van der Waals surface area contributed by atoms with Gasteiger partial charge in [0.2, 0.25) is 5.82 Å². The van der Waals surface area contributed by atoms with Gasteiger partial charge in [-0.25, -0.2) is 9.50 Å². The number of fused-ring (bicyclic) bond motifs is 1. The molecule has 0 fully saturated rings. The van der Waals surface area contributed by atoms with Gasteiger partial charge in [-0.1, -0.05) is 0 Å². The van der Waals surface area contributed by atoms with E-state index in [2.05, 4.69) is 20.4 Å². The van der Waals surface area contributed by atoms with Crippen molar-refractivity contribution in [2.45, 2.75) is 39.7 Å². The molecule has 1 amide bonds. The summed E-state index contributed by atoms with van der Waals surface area (Å²) in [4.78, 5) is 42.7. The predicted molar refractivity (Wildman–Crippen MR) is 106 cm³/mol. The quantitative estimate of drug-likeness (QED) is 0.342. The van der Waals surface area contributed by atoms with Crippen LogP contribution in [0.4, 0.5) is 15.8 Å². The Hall–Kier alpha value is -3.96. The smallest absolute Gasteiger partial charge is 0.306 e. The second kappa shape index (κ2) is 8.81. The highest BCUT2D eigenvalue weighted by atomic mass is 19.1. The number of nitro benzene ring substituents is 1. The van der Waals surface area contributed by atoms with Crippen LogP contribution in [-0.4, -0.2) is 42.5 Å². The van der Waals surface area contributed by atoms with E-state index < -0.39 is 34.4 Å². The van der Waals surface area contributed by atoms with Crippen LogP contribution in [0.25, 0.3) is 5.78 Å². The third kappa shape index (κ3) is 4.79. The molecular weight excluding hydrogens is 411 g/mol. The average molecular weight is 430 g/mol. The minimum absolute atomic E-state index is 0.00318. The van der Waals surface area contributed by atoms with Gasteiger partial charge in [-0.05, 0) is 44.9 Å². The molecule has 2 heterocycles. The van der Waals surface area contributed by atoms with E-state index in [4.69, 9.17) is 4.74 Å². The van der Waals surface area contributed by atoms with Gasteiger partial charge in [0, 0.05) is 29.6 Å². The molecule has 1 unspecified atom stereocenters. The minimum Gasteiger partial charge on any atom is -0.453 e. The topological polar surface area (TPSA) is 142 Å². The SMILES string of the molecule is Cc1nc2ncnn2c(C)c1CCC(=O)OC(C)C(=O)Nc1ccc(F)c([N+](=O)[O-])c1. The Morgan fingerprint density at radius 3 is 2.81 bits per heavy atom. The number of halogens is 1. The zero-order valence-corrected chi connectivity index (χ0v) is 17.0. The molecule has 12 heteroatoms. The molecule has 0 aliphatic rings. The van der Waals surface area contributed by atoms with Crippen LogP contribution in [0.1, 0.15) is 30.3 Å². The Kier molecular flexibility index (Phi) is 6.18. The minimum atomic E-state index is -1.16. The number of hydrogen-bond acceptors (Lipinski definition) is 8. The molecule has 0 aliphatic heterocycles. The van der Waals surface area contributed by atoms with Crippen molar-refractivity contribution in [3.8, 4) is 0 Å². The van der Waals surface area contributed by atoms with Crippen LogP contribution < -0.4 is 5.32 Å². The molecule has 0 spiro atoms. The molecule has 1 aromatic carbocycles. The van der Waals surface area contributed by atoms with Crippen LogP contribution in [0.15, 0.2) is 24.5 Å². The van der Waals surface area contributed by atoms with Gasteiger partial charge in [-0.3, -0.25) is 19.7 Å². The van der Waals surface area contributed by atoms with E-state index in [9.17, 15) is 24.1 Å². The first-order chi connectivity index (χ1) is 14.7. The first kappa shape index (κ1) is 21.7. The lowest BCUT2D eigenvalue weighted by molar-refractivity contribution is -0.387. The fourth-order valence-electron chi connectivity index (χ4n) is 3.03. The zero-order chi connectivity index (χ0) is 22.7. The van der Waals surface area contributed by atoms with Crippen molar-refractivity contribution in [3.63, 3.8) is 0 Å². The van der Waals surface area contributed by atoms with Gasteiger partial charge < -0.3 is 10.1 Å². The van der Waals surface area contributed by atoms with Crippen LogP contribution >= 0.6 is 0 Å². The Morgan fingerprint density at radius 2 is 2.10 bits per heavy atom. The number of amides is 1. The average Bonchev–Trinajstić information content (AvgIpc) is 3.17. The predicted octanol–water partition coefficient (Wildman–Crippen LogP) is 2.29. The number of carbonyl (C=O) groups is 2. The molecule has 1 N–H and O–H groups in total. The Morgan fingerprint density at radius 1 is 1.35 bits per heavy atom. The number of rotatable bonds is 7. The van der Waals surface area contributed by atoms with Gasteiger partial charge in [0.25, 0.3) is 11.7 Å². The molecule has 0 aliphatic carbocycles. The van der Waals surface area contributed by atoms with Gasteiger partial charge in [0.05, 0.1) is 4.92 Å². The van der Waals surface area contributed by atoms with Crippen molar-refractivity contribution in [2.24, 2.45) is 0 Å². The monoisotopic (exact) mass is 430 g/mol. The summed E-state index contributed by atoms with van der Waals surface area (Å²) in [5.74, 6) is -1.86. The first-order valence-corrected chi connectivity index (χ1v) is 9.27. The summed E-state index contributed by atoms with van der Waals surface area (Å²) in [6.45, 7) is 5.01. The van der Waals surface area contributed by atoms with Crippen molar-refractivity contribution in [1.82, 2.24) is 19.6 Å². The molecule has 0 radical (unpaired) electrons. The van der Waals surface area contributed by atoms with Crippen LogP contribution in [0.3, 0.4) is 0 Å². The summed E-state index contributed by atoms with van der Waals surface area (Å²) in [6, 6.07) is 2.93. The summed E-state index contributed by atoms with van der Waals surface area (Å²) in [5, 5.41) is 17.3. The maximum absolute atomic E-state index is 13.4. The maximum Gasteiger partial charge on any atom is 0.306 e. The Bertz CT molecular complexity index is 1180. The Labute approximate surface area is 175 Å². The number of hydrogen-bond donors (Lipinski definition) is 1. The summed E-state index contributed by atoms with van der Waals surface area (Å²) in [5.41, 5.74) is 1.59. The van der Waals surface area contributed by atoms with E-state index in [0.717, 1.165) is 29.1 Å². The highest BCUT2D eigenvalue weighted by molar-refractivity contribution is 5.95. The summed E-state index contributed by atoms with van der Waals surface area (Å²) < 4.78 is 20.1. The number of carbonyl (C=O) groups excluding carboxylic acids is 2. The number of esters is 1. The number of nitrogens with zero attached hydrogens (tertiary/aromatic N) is 5. The lowest BCUT2D eigenvalue weighted by Gasteiger charge is -2.14. The van der Waals surface area contributed by atoms with Gasteiger partial charge in [0.1, 0.15) is 6.33 Å². The number of benzene rings is 1. The highest BCUT2D eigenvalue weighted by Gasteiger charge is 2.21. The molecule has 31 heavy (non-hydrogen) atoms. The van der Waals surface area contributed by atoms with E-state index in [1.54, 1.807) is 11.4 Å². The molecule has 162 valence electrons. The van der Waals surface area contributed by atoms with Crippen LogP contribution in [0.2, 0.25) is 0 Å². The van der Waals surface area contributed by atoms with Crippen LogP contribution in [0.5, 0.6) is 0 Å². The molecule has 1 atom stereocenters. The van der Waals surface area contributed by atoms with Crippen LogP contribution in [-0.2, 0) is 20.7 Å². The van der Waals surface area contributed by atoms with Gasteiger partial charge in [-0.15, -0.1) is 0 Å². The first-order valence-electron chi connectivity index (χ1n) is 9.27. The second-order valence-corrected chi connectivity index (χ2v) is 6.78. The lowest BCUT2D eigenvalue weighted by Crippen LogP contribution is -2.30. The normalized spacial score (nSPS) is 11.9. The number of nitro groups is 1. The number of anilines is 1. The van der Waals surface area contributed by atoms with E-state index >= 15 is 0 Å². The van der Waals surface area contributed by atoms with Crippen LogP contribution in [0, 0.1) is 29.8 Å². The highest BCUT2D eigenvalue weighted by Crippen LogP contribution is 2.22. The molecule has 3 rings (SSSR count). The second-order valence-electron chi connectivity index (χ2n) is 6.78. The van der Waals surface area contributed by atoms with Crippen molar-refractivity contribution in [2.75, 3.05) is 5.32 Å². The third-order valence-electron chi connectivity index (χ3n) is 4.66. The maximum atomic E-state index is 13.4. The number of aromatic nitrogens is 4. The molecule has 2 aromatic heterocycles. The standard InChI is InChI=1S/C19H19FN6O5/c1-10-14(11(2)25-19(23-10)21-9-22-25)5-7-17(27)31-12(3)18(28)24-13-4-6-15(20)16(8-13)26(29)30/h4,6,8-9,12H,5,7H2,1-3H3,(H,24,28). The van der Waals surface area contributed by atoms with Gasteiger partial charge in [-0.2, -0.15) is 14.5 Å². The zero-order valence-electron chi connectivity index (χ0n) is 17.0. The van der Waals surface area contributed by atoms with Crippen molar-refractivity contribution in [3.05, 3.63) is 57.4 Å². The fraction of sp³-hybridized carbons (Fsp3) is 0.316. The number of nitrogens with one attached hydrogen (secondary N) is 1. The third-order valence-corrected chi connectivity index (χ3v) is 4.66. The molecular formula is C19H19FN6O5. The van der Waals surface area contributed by atoms with E-state index in [1.807, 2.05) is 6.92 Å². The molecule has 0 saturated carbocycles. The summed E-state index contributed by atoms with van der Waals surface area (Å²) in [6.07, 6.45) is 0.568. The molecule has 3 aromatic rings. The van der Waals surface area contributed by atoms with E-state index in [0.29, 0.717) is 12.2 Å². The summed E-state index contributed by atoms with van der Waals surface area (Å²) >= 11 is 0. The molecule has 11 nitrogen and oxygen atoms in total.